The molecular formula is C14H28N2. The van der Waals surface area contributed by atoms with Gasteiger partial charge in [0.25, 0.3) is 0 Å². The summed E-state index contributed by atoms with van der Waals surface area (Å²) >= 11 is 0. The van der Waals surface area contributed by atoms with Crippen LogP contribution in [0.2, 0.25) is 0 Å². The Bertz CT molecular complexity index is 193. The molecule has 0 bridgehead atoms. The van der Waals surface area contributed by atoms with Gasteiger partial charge in [-0.1, -0.05) is 26.7 Å². The fraction of sp³-hybridized carbons (Fsp3) is 1.00. The first-order chi connectivity index (χ1) is 7.75. The second-order valence-corrected chi connectivity index (χ2v) is 6.06. The minimum absolute atomic E-state index is 0.812. The molecule has 2 aliphatic carbocycles. The van der Waals surface area contributed by atoms with Crippen molar-refractivity contribution in [3.63, 3.8) is 0 Å². The van der Waals surface area contributed by atoms with Gasteiger partial charge < -0.3 is 5.32 Å². The molecule has 0 radical (unpaired) electrons. The fourth-order valence-electron chi connectivity index (χ4n) is 2.87. The van der Waals surface area contributed by atoms with Crippen LogP contribution in [0.25, 0.3) is 0 Å². The number of nitrogens with zero attached hydrogens (tertiary/aromatic N) is 1. The minimum Gasteiger partial charge on any atom is -0.313 e. The van der Waals surface area contributed by atoms with Crippen molar-refractivity contribution in [2.75, 3.05) is 19.6 Å². The van der Waals surface area contributed by atoms with Crippen LogP contribution in [-0.2, 0) is 0 Å². The van der Waals surface area contributed by atoms with Gasteiger partial charge in [0.1, 0.15) is 0 Å². The summed E-state index contributed by atoms with van der Waals surface area (Å²) in [6.07, 6.45) is 8.58. The van der Waals surface area contributed by atoms with Crippen LogP contribution in [0.1, 0.15) is 52.4 Å². The van der Waals surface area contributed by atoms with Crippen LogP contribution in [0.15, 0.2) is 0 Å². The Morgan fingerprint density at radius 3 is 2.38 bits per heavy atom. The minimum atomic E-state index is 0.812. The van der Waals surface area contributed by atoms with Crippen molar-refractivity contribution >= 4 is 0 Å². The van der Waals surface area contributed by atoms with Crippen LogP contribution in [0, 0.1) is 5.92 Å². The smallest absolute Gasteiger partial charge is 0.0110 e. The van der Waals surface area contributed by atoms with Crippen molar-refractivity contribution in [3.8, 4) is 0 Å². The third kappa shape index (κ3) is 4.06. The molecule has 2 nitrogen and oxygen atoms in total. The molecule has 2 heteroatoms. The van der Waals surface area contributed by atoms with E-state index in [1.165, 1.54) is 58.2 Å². The number of hydrogen-bond acceptors (Lipinski definition) is 2. The SMILES string of the molecule is CC(C)CN(CCNC1CCCC1)C1CC1. The molecular weight excluding hydrogens is 196 g/mol. The topological polar surface area (TPSA) is 15.3 Å². The van der Waals surface area contributed by atoms with Gasteiger partial charge in [0.2, 0.25) is 0 Å². The Morgan fingerprint density at radius 2 is 1.81 bits per heavy atom. The maximum Gasteiger partial charge on any atom is 0.0110 e. The normalized spacial score (nSPS) is 22.5. The maximum atomic E-state index is 3.73. The summed E-state index contributed by atoms with van der Waals surface area (Å²) < 4.78 is 0. The van der Waals surface area contributed by atoms with E-state index in [9.17, 15) is 0 Å². The predicted octanol–water partition coefficient (Wildman–Crippen LogP) is 2.64. The quantitative estimate of drug-likeness (QED) is 0.715. The number of rotatable bonds is 7. The van der Waals surface area contributed by atoms with E-state index in [0.29, 0.717) is 0 Å². The van der Waals surface area contributed by atoms with E-state index < -0.39 is 0 Å². The van der Waals surface area contributed by atoms with E-state index in [2.05, 4.69) is 24.1 Å². The summed E-state index contributed by atoms with van der Waals surface area (Å²) in [5, 5.41) is 3.73. The Labute approximate surface area is 101 Å². The molecule has 1 N–H and O–H groups in total. The van der Waals surface area contributed by atoms with Crippen LogP contribution >= 0.6 is 0 Å². The van der Waals surface area contributed by atoms with Crippen molar-refractivity contribution in [1.82, 2.24) is 10.2 Å². The van der Waals surface area contributed by atoms with Crippen LogP contribution in [0.5, 0.6) is 0 Å². The van der Waals surface area contributed by atoms with Gasteiger partial charge in [-0.25, -0.2) is 0 Å². The Balaban J connectivity index is 1.61. The molecule has 2 aliphatic rings. The lowest BCUT2D eigenvalue weighted by atomic mass is 10.2. The first kappa shape index (κ1) is 12.4. The molecule has 0 spiro atoms. The highest BCUT2D eigenvalue weighted by molar-refractivity contribution is 4.85. The second-order valence-electron chi connectivity index (χ2n) is 6.06. The Morgan fingerprint density at radius 1 is 1.12 bits per heavy atom. The molecule has 0 aliphatic heterocycles. The molecule has 0 aromatic heterocycles. The highest BCUT2D eigenvalue weighted by Gasteiger charge is 2.28. The molecule has 0 aromatic rings. The Kier molecular flexibility index (Phi) is 4.66. The van der Waals surface area contributed by atoms with Gasteiger partial charge in [0.05, 0.1) is 0 Å². The summed E-state index contributed by atoms with van der Waals surface area (Å²) in [6, 6.07) is 1.76. The van der Waals surface area contributed by atoms with Gasteiger partial charge in [0.15, 0.2) is 0 Å². The molecule has 2 saturated carbocycles. The predicted molar refractivity (Wildman–Crippen MR) is 69.7 cm³/mol. The zero-order valence-corrected chi connectivity index (χ0v) is 11.0. The van der Waals surface area contributed by atoms with Crippen molar-refractivity contribution in [1.29, 1.82) is 0 Å². The van der Waals surface area contributed by atoms with E-state index in [-0.39, 0.29) is 0 Å². The average molecular weight is 224 g/mol. The van der Waals surface area contributed by atoms with E-state index >= 15 is 0 Å². The lowest BCUT2D eigenvalue weighted by molar-refractivity contribution is 0.231. The van der Waals surface area contributed by atoms with Gasteiger partial charge in [0, 0.05) is 31.7 Å². The molecule has 2 rings (SSSR count). The summed E-state index contributed by atoms with van der Waals surface area (Å²) in [5.74, 6) is 0.812. The summed E-state index contributed by atoms with van der Waals surface area (Å²) in [5.41, 5.74) is 0. The zero-order chi connectivity index (χ0) is 11.4. The van der Waals surface area contributed by atoms with E-state index in [1.807, 2.05) is 0 Å². The standard InChI is InChI=1S/C14H28N2/c1-12(2)11-16(14-7-8-14)10-9-15-13-5-3-4-6-13/h12-15H,3-11H2,1-2H3. The molecule has 16 heavy (non-hydrogen) atoms. The fourth-order valence-corrected chi connectivity index (χ4v) is 2.87. The van der Waals surface area contributed by atoms with E-state index in [1.54, 1.807) is 0 Å². The van der Waals surface area contributed by atoms with Gasteiger partial charge in [-0.3, -0.25) is 4.90 Å². The monoisotopic (exact) mass is 224 g/mol. The summed E-state index contributed by atoms with van der Waals surface area (Å²) in [7, 11) is 0. The lowest BCUT2D eigenvalue weighted by Crippen LogP contribution is -2.38. The summed E-state index contributed by atoms with van der Waals surface area (Å²) in [4.78, 5) is 2.70. The second kappa shape index (κ2) is 6.02. The molecule has 94 valence electrons. The van der Waals surface area contributed by atoms with Gasteiger partial charge >= 0.3 is 0 Å². The molecule has 0 unspecified atom stereocenters. The van der Waals surface area contributed by atoms with Crippen LogP contribution in [0.3, 0.4) is 0 Å². The third-order valence-corrected chi connectivity index (χ3v) is 3.85. The van der Waals surface area contributed by atoms with Crippen LogP contribution in [-0.4, -0.2) is 36.6 Å². The third-order valence-electron chi connectivity index (χ3n) is 3.85. The maximum absolute atomic E-state index is 3.73. The molecule has 0 saturated heterocycles. The van der Waals surface area contributed by atoms with Crippen molar-refractivity contribution in [2.24, 2.45) is 5.92 Å². The van der Waals surface area contributed by atoms with Gasteiger partial charge in [-0.2, -0.15) is 0 Å². The molecule has 0 heterocycles. The zero-order valence-electron chi connectivity index (χ0n) is 11.0. The van der Waals surface area contributed by atoms with Crippen molar-refractivity contribution in [2.45, 2.75) is 64.5 Å². The number of hydrogen-bond donors (Lipinski definition) is 1. The largest absolute Gasteiger partial charge is 0.313 e. The first-order valence-electron chi connectivity index (χ1n) is 7.23. The highest BCUT2D eigenvalue weighted by Crippen LogP contribution is 2.27. The molecule has 0 aromatic carbocycles. The summed E-state index contributed by atoms with van der Waals surface area (Å²) in [6.45, 7) is 8.42. The highest BCUT2D eigenvalue weighted by atomic mass is 15.2. The van der Waals surface area contributed by atoms with E-state index in [0.717, 1.165) is 18.0 Å². The van der Waals surface area contributed by atoms with Gasteiger partial charge in [-0.05, 0) is 31.6 Å². The lowest BCUT2D eigenvalue weighted by Gasteiger charge is -2.25. The number of nitrogens with one attached hydrogen (secondary N) is 1. The van der Waals surface area contributed by atoms with E-state index in [4.69, 9.17) is 0 Å². The molecule has 0 amide bonds. The first-order valence-corrected chi connectivity index (χ1v) is 7.23. The average Bonchev–Trinajstić information content (AvgIpc) is 2.95. The van der Waals surface area contributed by atoms with Crippen molar-refractivity contribution in [3.05, 3.63) is 0 Å². The molecule has 2 fully saturated rings. The van der Waals surface area contributed by atoms with Crippen LogP contribution < -0.4 is 5.32 Å². The van der Waals surface area contributed by atoms with Gasteiger partial charge in [-0.15, -0.1) is 0 Å². The molecule has 0 atom stereocenters. The Hall–Kier alpha value is -0.0800. The van der Waals surface area contributed by atoms with Crippen molar-refractivity contribution < 1.29 is 0 Å². The van der Waals surface area contributed by atoms with Crippen LogP contribution in [0.4, 0.5) is 0 Å².